The van der Waals surface area contributed by atoms with E-state index in [1.165, 1.54) is 6.92 Å². The highest BCUT2D eigenvalue weighted by Gasteiger charge is 1.80. The molecule has 1 radical (unpaired) electrons. The molecular formula is C2H4NO2. The average Bonchev–Trinajstić information content (AvgIpc) is 1.38. The van der Waals surface area contributed by atoms with Crippen molar-refractivity contribution in [1.29, 1.82) is 0 Å². The summed E-state index contributed by atoms with van der Waals surface area (Å²) >= 11 is 0. The van der Waals surface area contributed by atoms with Crippen LogP contribution in [0.4, 0.5) is 0 Å². The van der Waals surface area contributed by atoms with Crippen LogP contribution in [-0.4, -0.2) is 4.92 Å². The highest BCUT2D eigenvalue weighted by molar-refractivity contribution is 4.25. The van der Waals surface area contributed by atoms with E-state index in [0.29, 0.717) is 0 Å². The summed E-state index contributed by atoms with van der Waals surface area (Å²) < 4.78 is 0. The molecule has 0 saturated carbocycles. The Bertz CT molecular complexity index is 42.9. The molecule has 0 saturated heterocycles. The standard InChI is InChI=1S/C2H4NO2/c1-2-3(4)5/h2H,1H3. The maximum atomic E-state index is 9.12. The Morgan fingerprint density at radius 1 is 2.00 bits per heavy atom. The Morgan fingerprint density at radius 3 is 2.20 bits per heavy atom. The van der Waals surface area contributed by atoms with Gasteiger partial charge in [-0.3, -0.25) is 10.1 Å². The van der Waals surface area contributed by atoms with Crippen LogP contribution in [0, 0.1) is 16.7 Å². The first-order valence-corrected chi connectivity index (χ1v) is 1.20. The van der Waals surface area contributed by atoms with Gasteiger partial charge in [0.05, 0.1) is 0 Å². The van der Waals surface area contributed by atoms with E-state index in [0.717, 1.165) is 6.54 Å². The first kappa shape index (κ1) is 4.40. The molecule has 0 amide bonds. The van der Waals surface area contributed by atoms with Gasteiger partial charge in [0.15, 0.2) is 0 Å². The maximum absolute atomic E-state index is 9.12. The molecule has 3 heteroatoms. The van der Waals surface area contributed by atoms with Crippen molar-refractivity contribution in [2.24, 2.45) is 0 Å². The van der Waals surface area contributed by atoms with Crippen molar-refractivity contribution in [3.05, 3.63) is 16.7 Å². The fraction of sp³-hybridized carbons (Fsp3) is 0.500. The highest BCUT2D eigenvalue weighted by atomic mass is 16.6. The van der Waals surface area contributed by atoms with Crippen molar-refractivity contribution in [2.75, 3.05) is 0 Å². The van der Waals surface area contributed by atoms with E-state index < -0.39 is 4.92 Å². The molecule has 0 aliphatic heterocycles. The van der Waals surface area contributed by atoms with Crippen LogP contribution in [-0.2, 0) is 0 Å². The van der Waals surface area contributed by atoms with Crippen LogP contribution in [0.3, 0.4) is 0 Å². The highest BCUT2D eigenvalue weighted by Crippen LogP contribution is 1.67. The van der Waals surface area contributed by atoms with Gasteiger partial charge < -0.3 is 0 Å². The molecular weight excluding hydrogens is 70.0 g/mol. The maximum Gasteiger partial charge on any atom is 0.275 e. The molecule has 3 nitrogen and oxygen atoms in total. The van der Waals surface area contributed by atoms with Crippen LogP contribution in [0.5, 0.6) is 0 Å². The normalized spacial score (nSPS) is 7.40. The summed E-state index contributed by atoms with van der Waals surface area (Å²) in [5.41, 5.74) is 0. The van der Waals surface area contributed by atoms with E-state index in [4.69, 9.17) is 10.1 Å². The van der Waals surface area contributed by atoms with Crippen LogP contribution in [0.25, 0.3) is 0 Å². The average molecular weight is 74.1 g/mol. The molecule has 0 aromatic heterocycles. The van der Waals surface area contributed by atoms with Crippen molar-refractivity contribution in [1.82, 2.24) is 0 Å². The first-order chi connectivity index (χ1) is 2.27. The van der Waals surface area contributed by atoms with E-state index in [1.54, 1.807) is 0 Å². The quantitative estimate of drug-likeness (QED) is 0.334. The Balaban J connectivity index is 2.85. The zero-order valence-electron chi connectivity index (χ0n) is 2.84. The Morgan fingerprint density at radius 2 is 2.20 bits per heavy atom. The summed E-state index contributed by atoms with van der Waals surface area (Å²) in [6.45, 7) is 2.26. The van der Waals surface area contributed by atoms with E-state index in [-0.39, 0.29) is 0 Å². The second-order valence-corrected chi connectivity index (χ2v) is 0.544. The van der Waals surface area contributed by atoms with Gasteiger partial charge in [0, 0.05) is 11.8 Å². The summed E-state index contributed by atoms with van der Waals surface area (Å²) in [6, 6.07) is 0. The van der Waals surface area contributed by atoms with Crippen molar-refractivity contribution in [3.63, 3.8) is 0 Å². The van der Waals surface area contributed by atoms with E-state index in [1.807, 2.05) is 0 Å². The second-order valence-electron chi connectivity index (χ2n) is 0.544. The minimum absolute atomic E-state index is 0.500. The molecule has 0 aromatic carbocycles. The van der Waals surface area contributed by atoms with Gasteiger partial charge in [-0.2, -0.15) is 0 Å². The number of hydrogen-bond acceptors (Lipinski definition) is 2. The molecule has 0 bridgehead atoms. The summed E-state index contributed by atoms with van der Waals surface area (Å²) in [5.74, 6) is 0. The van der Waals surface area contributed by atoms with Gasteiger partial charge in [-0.05, 0) is 0 Å². The topological polar surface area (TPSA) is 43.1 Å². The number of rotatable bonds is 1. The first-order valence-electron chi connectivity index (χ1n) is 1.20. The summed E-state index contributed by atoms with van der Waals surface area (Å²) in [4.78, 5) is 8.62. The molecule has 0 N–H and O–H groups in total. The predicted molar refractivity (Wildman–Crippen MR) is 17.0 cm³/mol. The Labute approximate surface area is 29.8 Å². The molecule has 0 fully saturated rings. The minimum atomic E-state index is -0.500. The Hall–Kier alpha value is -0.600. The lowest BCUT2D eigenvalue weighted by Crippen LogP contribution is -1.84. The largest absolute Gasteiger partial charge is 0.275 e. The zero-order valence-corrected chi connectivity index (χ0v) is 2.84. The zero-order chi connectivity index (χ0) is 4.28. The lowest BCUT2D eigenvalue weighted by molar-refractivity contribution is -0.434. The molecule has 0 rings (SSSR count). The van der Waals surface area contributed by atoms with E-state index in [2.05, 4.69) is 0 Å². The van der Waals surface area contributed by atoms with Gasteiger partial charge in [0.25, 0.3) is 6.54 Å². The summed E-state index contributed by atoms with van der Waals surface area (Å²) in [6.07, 6.45) is 0. The fourth-order valence-corrected chi connectivity index (χ4v) is 0. The van der Waals surface area contributed by atoms with Crippen LogP contribution in [0.1, 0.15) is 6.92 Å². The molecule has 0 unspecified atom stereocenters. The van der Waals surface area contributed by atoms with E-state index in [9.17, 15) is 0 Å². The number of nitrogens with zero attached hydrogens (tertiary/aromatic N) is 1. The van der Waals surface area contributed by atoms with Gasteiger partial charge in [0.1, 0.15) is 0 Å². The monoisotopic (exact) mass is 74.0 g/mol. The number of nitro groups is 1. The minimum Gasteiger partial charge on any atom is -0.264 e. The van der Waals surface area contributed by atoms with Gasteiger partial charge in [-0.1, -0.05) is 0 Å². The summed E-state index contributed by atoms with van der Waals surface area (Å²) in [7, 11) is 0. The van der Waals surface area contributed by atoms with Crippen molar-refractivity contribution >= 4 is 0 Å². The Kier molecular flexibility index (Phi) is 1.49. The molecule has 0 spiro atoms. The summed E-state index contributed by atoms with van der Waals surface area (Å²) in [5, 5.41) is 9.12. The van der Waals surface area contributed by atoms with Crippen molar-refractivity contribution < 1.29 is 4.92 Å². The molecule has 0 aliphatic carbocycles. The molecule has 0 heterocycles. The second kappa shape index (κ2) is 1.69. The molecule has 5 heavy (non-hydrogen) atoms. The third-order valence-electron chi connectivity index (χ3n) is 0.211. The third kappa shape index (κ3) is 3.40. The van der Waals surface area contributed by atoms with Crippen LogP contribution in [0.15, 0.2) is 0 Å². The van der Waals surface area contributed by atoms with Crippen LogP contribution < -0.4 is 0 Å². The lowest BCUT2D eigenvalue weighted by Gasteiger charge is -1.71. The van der Waals surface area contributed by atoms with Crippen LogP contribution in [0.2, 0.25) is 0 Å². The molecule has 29 valence electrons. The van der Waals surface area contributed by atoms with Crippen molar-refractivity contribution in [2.45, 2.75) is 6.92 Å². The lowest BCUT2D eigenvalue weighted by atomic mass is 10.8. The van der Waals surface area contributed by atoms with Gasteiger partial charge in [0.2, 0.25) is 0 Å². The van der Waals surface area contributed by atoms with Crippen LogP contribution >= 0.6 is 0 Å². The smallest absolute Gasteiger partial charge is 0.264 e. The molecule has 0 atom stereocenters. The van der Waals surface area contributed by atoms with Gasteiger partial charge >= 0.3 is 0 Å². The SMILES string of the molecule is C[CH][N+](=O)[O-]. The molecule has 0 aromatic rings. The fourth-order valence-electron chi connectivity index (χ4n) is 0. The van der Waals surface area contributed by atoms with Gasteiger partial charge in [-0.25, -0.2) is 0 Å². The predicted octanol–water partition coefficient (Wildman–Crippen LogP) is 0.445. The van der Waals surface area contributed by atoms with Crippen molar-refractivity contribution in [3.8, 4) is 0 Å². The number of hydrogen-bond donors (Lipinski definition) is 0. The third-order valence-corrected chi connectivity index (χ3v) is 0.211. The van der Waals surface area contributed by atoms with Gasteiger partial charge in [-0.15, -0.1) is 0 Å². The molecule has 0 aliphatic rings. The van der Waals surface area contributed by atoms with E-state index >= 15 is 0 Å².